The number of rotatable bonds is 4. The van der Waals surface area contributed by atoms with Crippen LogP contribution >= 0.6 is 11.6 Å². The lowest BCUT2D eigenvalue weighted by Crippen LogP contribution is -2.24. The molecular weight excluding hydrogens is 282 g/mol. The highest BCUT2D eigenvalue weighted by Gasteiger charge is 2.16. The van der Waals surface area contributed by atoms with E-state index < -0.39 is 10.0 Å². The first-order chi connectivity index (χ1) is 9.00. The van der Waals surface area contributed by atoms with E-state index in [-0.39, 0.29) is 6.54 Å². The summed E-state index contributed by atoms with van der Waals surface area (Å²) in [5.74, 6) is 0. The Kier molecular flexibility index (Phi) is 4.24. The van der Waals surface area contributed by atoms with Crippen LogP contribution in [0.25, 0.3) is 0 Å². The number of aryl methyl sites for hydroxylation is 1. The topological polar surface area (TPSA) is 46.2 Å². The monoisotopic (exact) mass is 295 g/mol. The largest absolute Gasteiger partial charge is 0.241 e. The van der Waals surface area contributed by atoms with Crippen molar-refractivity contribution in [3.63, 3.8) is 0 Å². The molecule has 3 nitrogen and oxygen atoms in total. The Hall–Kier alpha value is -1.36. The highest BCUT2D eigenvalue weighted by Crippen LogP contribution is 2.17. The quantitative estimate of drug-likeness (QED) is 0.942. The van der Waals surface area contributed by atoms with Crippen LogP contribution in [-0.2, 0) is 16.6 Å². The maximum Gasteiger partial charge on any atom is 0.241 e. The van der Waals surface area contributed by atoms with Gasteiger partial charge >= 0.3 is 0 Å². The van der Waals surface area contributed by atoms with Crippen molar-refractivity contribution in [2.24, 2.45) is 0 Å². The van der Waals surface area contributed by atoms with Crippen LogP contribution in [0.15, 0.2) is 53.4 Å². The van der Waals surface area contributed by atoms with E-state index in [1.165, 1.54) is 0 Å². The van der Waals surface area contributed by atoms with E-state index in [4.69, 9.17) is 11.6 Å². The van der Waals surface area contributed by atoms with Gasteiger partial charge in [0.15, 0.2) is 0 Å². The third kappa shape index (κ3) is 3.35. The van der Waals surface area contributed by atoms with Crippen molar-refractivity contribution < 1.29 is 8.42 Å². The molecule has 0 amide bonds. The summed E-state index contributed by atoms with van der Waals surface area (Å²) in [7, 11) is -3.51. The van der Waals surface area contributed by atoms with Gasteiger partial charge in [0, 0.05) is 11.6 Å². The molecule has 2 aromatic carbocycles. The summed E-state index contributed by atoms with van der Waals surface area (Å²) in [6.07, 6.45) is 0. The maximum atomic E-state index is 12.2. The molecule has 0 saturated heterocycles. The summed E-state index contributed by atoms with van der Waals surface area (Å²) in [5.41, 5.74) is 1.47. The predicted molar refractivity (Wildman–Crippen MR) is 76.7 cm³/mol. The summed E-state index contributed by atoms with van der Waals surface area (Å²) in [4.78, 5) is 0.294. The molecule has 0 aliphatic carbocycles. The van der Waals surface area contributed by atoms with Crippen LogP contribution in [0.4, 0.5) is 0 Å². The standard InChI is InChI=1S/C14H14ClNO2S/c1-11-6-2-5-9-14(11)19(17,18)16-10-12-7-3-4-8-13(12)15/h2-9,16H,10H2,1H3. The van der Waals surface area contributed by atoms with E-state index in [0.29, 0.717) is 15.5 Å². The van der Waals surface area contributed by atoms with E-state index in [0.717, 1.165) is 5.56 Å². The Balaban J connectivity index is 2.20. The fraction of sp³-hybridized carbons (Fsp3) is 0.143. The summed E-state index contributed by atoms with van der Waals surface area (Å²) in [6.45, 7) is 1.94. The van der Waals surface area contributed by atoms with Crippen molar-refractivity contribution in [2.45, 2.75) is 18.4 Å². The second-order valence-electron chi connectivity index (χ2n) is 4.18. The molecule has 2 rings (SSSR count). The first-order valence-corrected chi connectivity index (χ1v) is 7.65. The molecule has 100 valence electrons. The van der Waals surface area contributed by atoms with E-state index in [9.17, 15) is 8.42 Å². The Labute approximate surface area is 118 Å². The highest BCUT2D eigenvalue weighted by molar-refractivity contribution is 7.89. The molecule has 0 aliphatic heterocycles. The van der Waals surface area contributed by atoms with Gasteiger partial charge in [-0.25, -0.2) is 13.1 Å². The number of hydrogen-bond donors (Lipinski definition) is 1. The van der Waals surface area contributed by atoms with Gasteiger partial charge in [-0.1, -0.05) is 48.0 Å². The van der Waals surface area contributed by atoms with Crippen molar-refractivity contribution in [1.82, 2.24) is 4.72 Å². The first kappa shape index (κ1) is 14.1. The lowest BCUT2D eigenvalue weighted by atomic mass is 10.2. The van der Waals surface area contributed by atoms with Gasteiger partial charge in [0.05, 0.1) is 4.90 Å². The fourth-order valence-corrected chi connectivity index (χ4v) is 3.20. The van der Waals surface area contributed by atoms with E-state index in [1.54, 1.807) is 37.3 Å². The zero-order chi connectivity index (χ0) is 13.9. The van der Waals surface area contributed by atoms with Crippen LogP contribution in [0.5, 0.6) is 0 Å². The first-order valence-electron chi connectivity index (χ1n) is 5.79. The van der Waals surface area contributed by atoms with Crippen LogP contribution in [0.3, 0.4) is 0 Å². The van der Waals surface area contributed by atoms with Crippen LogP contribution in [0.1, 0.15) is 11.1 Å². The van der Waals surface area contributed by atoms with E-state index in [2.05, 4.69) is 4.72 Å². The fourth-order valence-electron chi connectivity index (χ4n) is 1.75. The van der Waals surface area contributed by atoms with Crippen molar-refractivity contribution >= 4 is 21.6 Å². The third-order valence-electron chi connectivity index (χ3n) is 2.79. The molecule has 1 N–H and O–H groups in total. The summed E-state index contributed by atoms with van der Waals surface area (Å²) >= 11 is 6.00. The molecule has 0 radical (unpaired) electrons. The molecule has 19 heavy (non-hydrogen) atoms. The molecule has 0 unspecified atom stereocenters. The van der Waals surface area contributed by atoms with Gasteiger partial charge < -0.3 is 0 Å². The highest BCUT2D eigenvalue weighted by atomic mass is 35.5. The third-order valence-corrected chi connectivity index (χ3v) is 4.72. The summed E-state index contributed by atoms with van der Waals surface area (Å²) in [6, 6.07) is 14.0. The molecule has 0 atom stereocenters. The minimum absolute atomic E-state index is 0.177. The van der Waals surface area contributed by atoms with Gasteiger partial charge in [-0.15, -0.1) is 0 Å². The average Bonchev–Trinajstić information content (AvgIpc) is 2.38. The average molecular weight is 296 g/mol. The van der Waals surface area contributed by atoms with Gasteiger partial charge in [0.2, 0.25) is 10.0 Å². The number of hydrogen-bond acceptors (Lipinski definition) is 2. The normalized spacial score (nSPS) is 11.5. The lowest BCUT2D eigenvalue weighted by molar-refractivity contribution is 0.580. The maximum absolute atomic E-state index is 12.2. The van der Waals surface area contributed by atoms with Crippen LogP contribution < -0.4 is 4.72 Å². The van der Waals surface area contributed by atoms with Gasteiger partial charge in [0.1, 0.15) is 0 Å². The molecule has 0 heterocycles. The van der Waals surface area contributed by atoms with Crippen LogP contribution in [0, 0.1) is 6.92 Å². The summed E-state index contributed by atoms with van der Waals surface area (Å²) in [5, 5.41) is 0.551. The van der Waals surface area contributed by atoms with E-state index in [1.807, 2.05) is 18.2 Å². The molecule has 5 heteroatoms. The lowest BCUT2D eigenvalue weighted by Gasteiger charge is -2.09. The van der Waals surface area contributed by atoms with E-state index >= 15 is 0 Å². The molecule has 0 spiro atoms. The number of benzene rings is 2. The molecule has 2 aromatic rings. The Morgan fingerprint density at radius 3 is 2.37 bits per heavy atom. The van der Waals surface area contributed by atoms with Crippen LogP contribution in [0.2, 0.25) is 5.02 Å². The summed E-state index contributed by atoms with van der Waals surface area (Å²) < 4.78 is 26.9. The molecule has 0 saturated carbocycles. The minimum atomic E-state index is -3.51. The molecule has 0 aromatic heterocycles. The number of halogens is 1. The van der Waals surface area contributed by atoms with Crippen molar-refractivity contribution in [3.05, 3.63) is 64.7 Å². The minimum Gasteiger partial charge on any atom is -0.207 e. The zero-order valence-electron chi connectivity index (χ0n) is 10.4. The Morgan fingerprint density at radius 2 is 1.68 bits per heavy atom. The number of nitrogens with one attached hydrogen (secondary N) is 1. The molecule has 0 aliphatic rings. The molecule has 0 bridgehead atoms. The second-order valence-corrected chi connectivity index (χ2v) is 6.32. The van der Waals surface area contributed by atoms with Crippen molar-refractivity contribution in [3.8, 4) is 0 Å². The second kappa shape index (κ2) is 5.74. The SMILES string of the molecule is Cc1ccccc1S(=O)(=O)NCc1ccccc1Cl. The Morgan fingerprint density at radius 1 is 1.05 bits per heavy atom. The van der Waals surface area contributed by atoms with Crippen molar-refractivity contribution in [1.29, 1.82) is 0 Å². The smallest absolute Gasteiger partial charge is 0.207 e. The number of sulfonamides is 1. The molecule has 0 fully saturated rings. The van der Waals surface area contributed by atoms with Gasteiger partial charge in [-0.3, -0.25) is 0 Å². The van der Waals surface area contributed by atoms with Gasteiger partial charge in [0.25, 0.3) is 0 Å². The molecular formula is C14H14ClNO2S. The van der Waals surface area contributed by atoms with Gasteiger partial charge in [-0.2, -0.15) is 0 Å². The van der Waals surface area contributed by atoms with Crippen LogP contribution in [-0.4, -0.2) is 8.42 Å². The zero-order valence-corrected chi connectivity index (χ0v) is 12.0. The predicted octanol–water partition coefficient (Wildman–Crippen LogP) is 3.13. The van der Waals surface area contributed by atoms with Gasteiger partial charge in [-0.05, 0) is 30.2 Å². The van der Waals surface area contributed by atoms with Crippen molar-refractivity contribution in [2.75, 3.05) is 0 Å². The Bertz CT molecular complexity index is 683.